The number of nitriles is 1. The van der Waals surface area contributed by atoms with Crippen molar-refractivity contribution in [3.05, 3.63) is 81.2 Å². The number of nitrogens with zero attached hydrogens (tertiary/aromatic N) is 2. The zero-order valence-electron chi connectivity index (χ0n) is 30.6. The first-order valence-corrected chi connectivity index (χ1v) is 20.5. The van der Waals surface area contributed by atoms with E-state index in [0.717, 1.165) is 52.2 Å². The highest BCUT2D eigenvalue weighted by atomic mass is 32.1. The molecule has 1 amide bonds. The van der Waals surface area contributed by atoms with Gasteiger partial charge in [0.25, 0.3) is 5.91 Å². The predicted molar refractivity (Wildman–Crippen MR) is 206 cm³/mol. The van der Waals surface area contributed by atoms with Crippen LogP contribution in [0.15, 0.2) is 63.3 Å². The van der Waals surface area contributed by atoms with E-state index in [0.29, 0.717) is 36.5 Å². The van der Waals surface area contributed by atoms with Gasteiger partial charge in [0, 0.05) is 59.3 Å². The molecule has 0 saturated heterocycles. The summed E-state index contributed by atoms with van der Waals surface area (Å²) >= 11 is 1.51. The fraction of sp³-hybridized carbons (Fsp3) is 0.425. The molecule has 51 heavy (non-hydrogen) atoms. The van der Waals surface area contributed by atoms with Crippen LogP contribution in [0.2, 0.25) is 0 Å². The van der Waals surface area contributed by atoms with E-state index in [-0.39, 0.29) is 28.2 Å². The second-order valence-corrected chi connectivity index (χ2v) is 18.1. The maximum Gasteiger partial charge on any atom is 0.521 e. The van der Waals surface area contributed by atoms with E-state index < -0.39 is 14.7 Å². The van der Waals surface area contributed by atoms with Gasteiger partial charge in [0.15, 0.2) is 0 Å². The molecule has 0 bridgehead atoms. The predicted octanol–water partition coefficient (Wildman–Crippen LogP) is 7.97. The minimum absolute atomic E-state index is 0.0167. The van der Waals surface area contributed by atoms with Gasteiger partial charge in [-0.1, -0.05) is 45.9 Å². The molecular formula is C40H47N3O6SSi. The van der Waals surface area contributed by atoms with E-state index in [1.165, 1.54) is 22.6 Å². The normalized spacial score (nSPS) is 16.5. The van der Waals surface area contributed by atoms with Gasteiger partial charge in [-0.25, -0.2) is 4.79 Å². The third-order valence-corrected chi connectivity index (χ3v) is 14.0. The van der Waals surface area contributed by atoms with Gasteiger partial charge in [-0.15, -0.1) is 11.3 Å². The molecule has 2 aromatic heterocycles. The summed E-state index contributed by atoms with van der Waals surface area (Å²) in [6.07, 6.45) is 3.70. The van der Waals surface area contributed by atoms with Crippen LogP contribution in [0.5, 0.6) is 0 Å². The molecule has 268 valence electrons. The number of amides is 1. The van der Waals surface area contributed by atoms with Crippen molar-refractivity contribution in [2.75, 3.05) is 44.0 Å². The first-order valence-electron chi connectivity index (χ1n) is 17.8. The molecule has 9 nitrogen and oxygen atoms in total. The maximum absolute atomic E-state index is 13.7. The fourth-order valence-electron chi connectivity index (χ4n) is 7.28. The Hall–Kier alpha value is -4.05. The van der Waals surface area contributed by atoms with Crippen LogP contribution in [0, 0.1) is 11.3 Å². The number of hydrogen-bond donors (Lipinski definition) is 1. The van der Waals surface area contributed by atoms with Gasteiger partial charge in [-0.2, -0.15) is 5.26 Å². The lowest BCUT2D eigenvalue weighted by atomic mass is 9.69. The highest BCUT2D eigenvalue weighted by Crippen LogP contribution is 2.52. The molecule has 6 rings (SSSR count). The van der Waals surface area contributed by atoms with Gasteiger partial charge in [0.05, 0.1) is 11.7 Å². The Labute approximate surface area is 305 Å². The van der Waals surface area contributed by atoms with E-state index in [9.17, 15) is 14.9 Å². The summed E-state index contributed by atoms with van der Waals surface area (Å²) in [5.74, 6) is -0.532. The molecule has 0 spiro atoms. The second kappa shape index (κ2) is 14.5. The van der Waals surface area contributed by atoms with Crippen LogP contribution in [0.1, 0.15) is 78.0 Å². The van der Waals surface area contributed by atoms with Crippen molar-refractivity contribution in [3.63, 3.8) is 0 Å². The monoisotopic (exact) mass is 725 g/mol. The summed E-state index contributed by atoms with van der Waals surface area (Å²) in [5.41, 5.74) is 6.08. The summed E-state index contributed by atoms with van der Waals surface area (Å²) in [6.45, 7) is 17.8. The summed E-state index contributed by atoms with van der Waals surface area (Å²) in [5, 5.41) is 13.6. The fourth-order valence-corrected chi connectivity index (χ4v) is 10.5. The van der Waals surface area contributed by atoms with E-state index in [4.69, 9.17) is 17.7 Å². The summed E-state index contributed by atoms with van der Waals surface area (Å²) in [6, 6.07) is 17.9. The van der Waals surface area contributed by atoms with Gasteiger partial charge in [0.1, 0.15) is 17.2 Å². The number of anilines is 1. The van der Waals surface area contributed by atoms with Crippen LogP contribution in [0.25, 0.3) is 37.9 Å². The Morgan fingerprint density at radius 2 is 1.65 bits per heavy atom. The molecule has 2 aromatic carbocycles. The lowest BCUT2D eigenvalue weighted by Gasteiger charge is -2.48. The van der Waals surface area contributed by atoms with Crippen LogP contribution in [0.3, 0.4) is 0 Å². The van der Waals surface area contributed by atoms with Crippen molar-refractivity contribution in [1.29, 1.82) is 5.26 Å². The molecule has 0 fully saturated rings. The molecule has 0 unspecified atom stereocenters. The van der Waals surface area contributed by atoms with Crippen LogP contribution >= 0.6 is 11.3 Å². The first-order chi connectivity index (χ1) is 24.3. The first kappa shape index (κ1) is 36.7. The number of rotatable bonds is 12. The third-order valence-electron chi connectivity index (χ3n) is 10.0. The van der Waals surface area contributed by atoms with Crippen LogP contribution in [0.4, 0.5) is 5.69 Å². The minimum atomic E-state index is -3.13. The lowest BCUT2D eigenvalue weighted by molar-refractivity contribution is -0.117. The zero-order chi connectivity index (χ0) is 36.6. The number of hydrogen-bond acceptors (Lipinski definition) is 9. The van der Waals surface area contributed by atoms with Crippen molar-refractivity contribution >= 4 is 48.8 Å². The number of nitrogens with one attached hydrogen (secondary N) is 1. The zero-order valence-corrected chi connectivity index (χ0v) is 32.4. The Bertz CT molecular complexity index is 2070. The molecule has 0 atom stereocenters. The average Bonchev–Trinajstić information content (AvgIpc) is 3.59. The van der Waals surface area contributed by atoms with Crippen molar-refractivity contribution < 1.29 is 22.5 Å². The largest absolute Gasteiger partial charge is 0.521 e. The van der Waals surface area contributed by atoms with Gasteiger partial charge >= 0.3 is 14.4 Å². The summed E-state index contributed by atoms with van der Waals surface area (Å²) < 4.78 is 23.7. The van der Waals surface area contributed by atoms with Crippen LogP contribution in [-0.2, 0) is 28.9 Å². The molecular weight excluding hydrogens is 679 g/mol. The third kappa shape index (κ3) is 7.21. The average molecular weight is 726 g/mol. The Balaban J connectivity index is 1.29. The van der Waals surface area contributed by atoms with Crippen LogP contribution in [-0.4, -0.2) is 53.8 Å². The van der Waals surface area contributed by atoms with E-state index in [2.05, 4.69) is 44.0 Å². The SMILES string of the molecule is CCO[Si](CNC(=O)/C(C#N)=C/c1cccc(-c2ccc(-c3cc4cc5c6c(c4oc3=O)C(C)(C)CCN6CCC5(C)C)s2)c1)(OCC)OCC. The molecule has 0 aliphatic carbocycles. The number of thiophene rings is 1. The number of fused-ring (bicyclic) bond motifs is 2. The smallest absolute Gasteiger partial charge is 0.422 e. The molecule has 1 N–H and O–H groups in total. The van der Waals surface area contributed by atoms with Crippen molar-refractivity contribution in [1.82, 2.24) is 5.32 Å². The molecule has 2 aliphatic rings. The molecule has 4 aromatic rings. The Morgan fingerprint density at radius 3 is 2.31 bits per heavy atom. The topological polar surface area (TPSA) is 114 Å². The maximum atomic E-state index is 13.7. The Kier molecular flexibility index (Phi) is 10.5. The highest BCUT2D eigenvalue weighted by Gasteiger charge is 2.43. The molecule has 4 heterocycles. The van der Waals surface area contributed by atoms with Gasteiger partial charge in [-0.05, 0) is 97.5 Å². The lowest BCUT2D eigenvalue weighted by Crippen LogP contribution is -2.55. The van der Waals surface area contributed by atoms with Crippen molar-refractivity contribution in [3.8, 4) is 27.0 Å². The number of carbonyl (C=O) groups is 1. The van der Waals surface area contributed by atoms with E-state index in [1.807, 2.05) is 69.3 Å². The molecule has 0 saturated carbocycles. The molecule has 0 radical (unpaired) electrons. The van der Waals surface area contributed by atoms with Gasteiger partial charge < -0.3 is 27.9 Å². The summed E-state index contributed by atoms with van der Waals surface area (Å²) in [4.78, 5) is 31.0. The number of carbonyl (C=O) groups excluding carboxylic acids is 1. The minimum Gasteiger partial charge on any atom is -0.422 e. The standard InChI is InChI=1S/C40H47N3O6SSi/c1-8-46-51(47-9-2,48-10-3)25-42-37(44)29(24-41)21-26-12-11-13-27(20-26)32-14-15-33(50-32)30-22-28-23-31-35-34(36(28)49-38(30)45)40(6,7)17-19-43(35)18-16-39(31,4)5/h11-15,20-23H,8-10,16-19,25H2,1-7H3,(H,42,44)/b29-21+. The quantitative estimate of drug-likeness (QED) is 0.0678. The molecule has 2 aliphatic heterocycles. The van der Waals surface area contributed by atoms with Gasteiger partial charge in [-0.3, -0.25) is 4.79 Å². The number of benzene rings is 2. The molecule has 11 heteroatoms. The Morgan fingerprint density at radius 1 is 0.980 bits per heavy atom. The van der Waals surface area contributed by atoms with E-state index >= 15 is 0 Å². The highest BCUT2D eigenvalue weighted by molar-refractivity contribution is 7.18. The van der Waals surface area contributed by atoms with Gasteiger partial charge in [0.2, 0.25) is 0 Å². The van der Waals surface area contributed by atoms with Crippen LogP contribution < -0.4 is 15.8 Å². The summed E-state index contributed by atoms with van der Waals surface area (Å²) in [7, 11) is -3.13. The van der Waals surface area contributed by atoms with Crippen molar-refractivity contribution in [2.24, 2.45) is 0 Å². The second-order valence-electron chi connectivity index (χ2n) is 14.4. The van der Waals surface area contributed by atoms with E-state index in [1.54, 1.807) is 6.08 Å². The van der Waals surface area contributed by atoms with Crippen molar-refractivity contribution in [2.45, 2.75) is 72.1 Å².